The highest BCUT2D eigenvalue weighted by molar-refractivity contribution is 7.45. The molecule has 0 heterocycles. The quantitative estimate of drug-likeness (QED) is 0.0276. The van der Waals surface area contributed by atoms with E-state index in [4.69, 9.17) is 9.05 Å². The van der Waals surface area contributed by atoms with Crippen LogP contribution in [0.25, 0.3) is 0 Å². The molecule has 0 aromatic carbocycles. The molecule has 0 aromatic heterocycles. The second kappa shape index (κ2) is 38.9. The molecule has 0 bridgehead atoms. The van der Waals surface area contributed by atoms with Crippen LogP contribution < -0.4 is 10.2 Å². The Morgan fingerprint density at radius 1 is 0.643 bits per heavy atom. The number of hydrogen-bond donors (Lipinski definition) is 2. The first-order valence-corrected chi connectivity index (χ1v) is 24.4. The average molecular weight is 809 g/mol. The summed E-state index contributed by atoms with van der Waals surface area (Å²) < 4.78 is 23.2. The minimum Gasteiger partial charge on any atom is -0.756 e. The number of nitrogens with zero attached hydrogens (tertiary/aromatic N) is 1. The van der Waals surface area contributed by atoms with Crippen LogP contribution in [0.15, 0.2) is 48.6 Å². The van der Waals surface area contributed by atoms with Gasteiger partial charge in [-0.25, -0.2) is 0 Å². The molecule has 0 fully saturated rings. The Balaban J connectivity index is 4.36. The maximum Gasteiger partial charge on any atom is 0.268 e. The molecule has 0 aliphatic carbocycles. The SMILES string of the molecule is CC/C=C\C/C=C\C/C=C\C/C=C\CCC(=O)NC(COP(=O)([O-])OCC[N+](C)(C)C)C(O)CCCCCCCCCCCCCCCCCCCCCCC. The Kier molecular flexibility index (Phi) is 37.9. The smallest absolute Gasteiger partial charge is 0.268 e. The van der Waals surface area contributed by atoms with Gasteiger partial charge in [-0.2, -0.15) is 0 Å². The zero-order valence-corrected chi connectivity index (χ0v) is 38.0. The predicted molar refractivity (Wildman–Crippen MR) is 238 cm³/mol. The van der Waals surface area contributed by atoms with E-state index in [2.05, 4.69) is 55.6 Å². The molecule has 0 aromatic rings. The molecule has 0 aliphatic rings. The van der Waals surface area contributed by atoms with E-state index in [1.165, 1.54) is 116 Å². The highest BCUT2D eigenvalue weighted by atomic mass is 31.2. The molecule has 0 rings (SSSR count). The standard InChI is InChI=1S/C47H89N2O6P/c1-6-8-10-12-14-16-18-20-21-22-23-24-25-26-27-29-30-32-34-36-38-40-46(50)45(44-55-56(52,53)54-43-42-49(3,4)5)48-47(51)41-39-37-35-33-31-28-19-17-15-13-11-9-7-2/h9,11,15,17,28,31,35,37,45-46,50H,6-8,10,12-14,16,18-27,29-30,32-34,36,38-44H2,1-5H3,(H-,48,51,52,53)/b11-9-,17-15-,31-28-,37-35-. The number of aliphatic hydroxyl groups excluding tert-OH is 1. The van der Waals surface area contributed by atoms with Gasteiger partial charge < -0.3 is 28.8 Å². The number of phosphoric acid groups is 1. The maximum atomic E-state index is 12.8. The topological polar surface area (TPSA) is 108 Å². The average Bonchev–Trinajstić information content (AvgIpc) is 3.15. The third-order valence-corrected chi connectivity index (χ3v) is 11.1. The molecule has 2 N–H and O–H groups in total. The summed E-state index contributed by atoms with van der Waals surface area (Å²) >= 11 is 0. The van der Waals surface area contributed by atoms with E-state index in [1.54, 1.807) is 0 Å². The predicted octanol–water partition coefficient (Wildman–Crippen LogP) is 12.2. The maximum absolute atomic E-state index is 12.8. The van der Waals surface area contributed by atoms with Crippen molar-refractivity contribution < 1.29 is 32.9 Å². The normalized spacial score (nSPS) is 14.8. The molecular weight excluding hydrogens is 719 g/mol. The van der Waals surface area contributed by atoms with Crippen LogP contribution in [0, 0.1) is 0 Å². The van der Waals surface area contributed by atoms with Crippen LogP contribution in [0.1, 0.15) is 194 Å². The van der Waals surface area contributed by atoms with Gasteiger partial charge in [0, 0.05) is 6.42 Å². The number of aliphatic hydroxyl groups is 1. The lowest BCUT2D eigenvalue weighted by Gasteiger charge is -2.30. The minimum atomic E-state index is -4.58. The van der Waals surface area contributed by atoms with Crippen molar-refractivity contribution in [1.29, 1.82) is 0 Å². The number of likely N-dealkylation sites (N-methyl/N-ethyl adjacent to an activating group) is 1. The molecule has 9 heteroatoms. The van der Waals surface area contributed by atoms with Gasteiger partial charge in [0.2, 0.25) is 5.91 Å². The molecule has 8 nitrogen and oxygen atoms in total. The van der Waals surface area contributed by atoms with E-state index in [9.17, 15) is 19.4 Å². The lowest BCUT2D eigenvalue weighted by Crippen LogP contribution is -2.46. The van der Waals surface area contributed by atoms with Crippen LogP contribution in [0.3, 0.4) is 0 Å². The second-order valence-corrected chi connectivity index (χ2v) is 18.1. The van der Waals surface area contributed by atoms with Crippen molar-refractivity contribution in [2.45, 2.75) is 206 Å². The highest BCUT2D eigenvalue weighted by Gasteiger charge is 2.24. The van der Waals surface area contributed by atoms with E-state index >= 15 is 0 Å². The third kappa shape index (κ3) is 40.6. The Morgan fingerprint density at radius 3 is 1.48 bits per heavy atom. The molecule has 0 aliphatic heterocycles. The van der Waals surface area contributed by atoms with Gasteiger partial charge in [0.05, 0.1) is 39.9 Å². The Bertz CT molecular complexity index is 1050. The van der Waals surface area contributed by atoms with E-state index in [0.717, 1.165) is 44.9 Å². The van der Waals surface area contributed by atoms with E-state index in [1.807, 2.05) is 33.3 Å². The van der Waals surface area contributed by atoms with E-state index in [0.29, 0.717) is 23.9 Å². The molecule has 0 spiro atoms. The molecule has 0 radical (unpaired) electrons. The summed E-state index contributed by atoms with van der Waals surface area (Å²) in [6.45, 7) is 4.55. The van der Waals surface area contributed by atoms with Gasteiger partial charge in [-0.3, -0.25) is 9.36 Å². The number of amides is 1. The second-order valence-electron chi connectivity index (χ2n) is 16.7. The fourth-order valence-electron chi connectivity index (χ4n) is 6.46. The largest absolute Gasteiger partial charge is 0.756 e. The van der Waals surface area contributed by atoms with Crippen LogP contribution >= 0.6 is 7.82 Å². The van der Waals surface area contributed by atoms with Gasteiger partial charge in [-0.05, 0) is 38.5 Å². The van der Waals surface area contributed by atoms with Crippen LogP contribution in [-0.2, 0) is 18.4 Å². The van der Waals surface area contributed by atoms with Gasteiger partial charge in [0.25, 0.3) is 7.82 Å². The van der Waals surface area contributed by atoms with Gasteiger partial charge in [-0.15, -0.1) is 0 Å². The van der Waals surface area contributed by atoms with Gasteiger partial charge in [0.1, 0.15) is 13.2 Å². The number of hydrogen-bond acceptors (Lipinski definition) is 6. The van der Waals surface area contributed by atoms with Crippen molar-refractivity contribution in [3.05, 3.63) is 48.6 Å². The third-order valence-electron chi connectivity index (χ3n) is 10.1. The first-order valence-electron chi connectivity index (χ1n) is 23.0. The number of nitrogens with one attached hydrogen (secondary N) is 1. The number of allylic oxidation sites excluding steroid dienone is 8. The lowest BCUT2D eigenvalue weighted by atomic mass is 10.0. The van der Waals surface area contributed by atoms with Crippen LogP contribution in [0.2, 0.25) is 0 Å². The number of unbranched alkanes of at least 4 members (excludes halogenated alkanes) is 20. The van der Waals surface area contributed by atoms with Crippen LogP contribution in [0.5, 0.6) is 0 Å². The molecule has 328 valence electrons. The summed E-state index contributed by atoms with van der Waals surface area (Å²) in [5, 5.41) is 13.9. The lowest BCUT2D eigenvalue weighted by molar-refractivity contribution is -0.870. The molecular formula is C47H89N2O6P. The van der Waals surface area contributed by atoms with E-state index < -0.39 is 20.0 Å². The highest BCUT2D eigenvalue weighted by Crippen LogP contribution is 2.38. The molecule has 1 amide bonds. The molecule has 0 saturated carbocycles. The van der Waals surface area contributed by atoms with Crippen LogP contribution in [-0.4, -0.2) is 68.5 Å². The zero-order valence-electron chi connectivity index (χ0n) is 37.1. The van der Waals surface area contributed by atoms with Crippen molar-refractivity contribution in [1.82, 2.24) is 5.32 Å². The number of quaternary nitrogens is 1. The number of carbonyl (C=O) groups is 1. The Hall–Kier alpha value is -1.54. The first-order chi connectivity index (χ1) is 27.0. The summed E-state index contributed by atoms with van der Waals surface area (Å²) in [5.41, 5.74) is 0. The molecule has 3 atom stereocenters. The number of phosphoric ester groups is 1. The van der Waals surface area contributed by atoms with Gasteiger partial charge >= 0.3 is 0 Å². The van der Waals surface area contributed by atoms with Gasteiger partial charge in [0.15, 0.2) is 0 Å². The van der Waals surface area contributed by atoms with Gasteiger partial charge in [-0.1, -0.05) is 197 Å². The van der Waals surface area contributed by atoms with E-state index in [-0.39, 0.29) is 25.5 Å². The summed E-state index contributed by atoms with van der Waals surface area (Å²) in [6.07, 6.45) is 48.6. The number of rotatable bonds is 41. The van der Waals surface area contributed by atoms with Crippen molar-refractivity contribution in [3.63, 3.8) is 0 Å². The van der Waals surface area contributed by atoms with Crippen molar-refractivity contribution >= 4 is 13.7 Å². The fourth-order valence-corrected chi connectivity index (χ4v) is 7.18. The Morgan fingerprint density at radius 2 is 1.05 bits per heavy atom. The molecule has 3 unspecified atom stereocenters. The van der Waals surface area contributed by atoms with Crippen molar-refractivity contribution in [3.8, 4) is 0 Å². The monoisotopic (exact) mass is 809 g/mol. The molecule has 0 saturated heterocycles. The first kappa shape index (κ1) is 54.5. The summed E-state index contributed by atoms with van der Waals surface area (Å²) in [4.78, 5) is 25.3. The summed E-state index contributed by atoms with van der Waals surface area (Å²) in [7, 11) is 1.26. The zero-order chi connectivity index (χ0) is 41.4. The van der Waals surface area contributed by atoms with Crippen LogP contribution in [0.4, 0.5) is 0 Å². The number of carbonyl (C=O) groups excluding carboxylic acids is 1. The Labute approximate surface area is 346 Å². The fraction of sp³-hybridized carbons (Fsp3) is 0.809. The minimum absolute atomic E-state index is 0.00182. The van der Waals surface area contributed by atoms with Crippen molar-refractivity contribution in [2.24, 2.45) is 0 Å². The summed E-state index contributed by atoms with van der Waals surface area (Å²) in [5.74, 6) is -0.245. The van der Waals surface area contributed by atoms with Crippen molar-refractivity contribution in [2.75, 3.05) is 40.9 Å². The summed E-state index contributed by atoms with van der Waals surface area (Å²) in [6, 6.07) is -0.839. The molecule has 56 heavy (non-hydrogen) atoms.